The van der Waals surface area contributed by atoms with Crippen LogP contribution in [0.4, 0.5) is 11.4 Å². The lowest BCUT2D eigenvalue weighted by molar-refractivity contribution is 0.456. The summed E-state index contributed by atoms with van der Waals surface area (Å²) in [5, 5.41) is 0. The molecular weight excluding hydrogens is 759 g/mol. The molecule has 0 bridgehead atoms. The third kappa shape index (κ3) is 5.69. The number of rotatable bonds is 7. The van der Waals surface area contributed by atoms with Gasteiger partial charge < -0.3 is 4.90 Å². The smallest absolute Gasteiger partial charge is 0.0707 e. The summed E-state index contributed by atoms with van der Waals surface area (Å²) in [5.41, 5.74) is 19.1. The fourth-order valence-corrected chi connectivity index (χ4v) is 11.9. The second kappa shape index (κ2) is 15.2. The van der Waals surface area contributed by atoms with Crippen molar-refractivity contribution in [2.45, 2.75) is 29.7 Å². The van der Waals surface area contributed by atoms with Gasteiger partial charge in [0, 0.05) is 17.3 Å². The molecule has 12 rings (SSSR count). The lowest BCUT2D eigenvalue weighted by Gasteiger charge is -2.52. The number of hydrogen-bond donors (Lipinski definition) is 0. The number of para-hydroxylation sites is 2. The summed E-state index contributed by atoms with van der Waals surface area (Å²) >= 11 is 0. The SMILES string of the molecule is C1=CC(N(c2ccccc2)c2ccccc2)CC=C1c1cccc(C2=CC=C3c4ccccc4C4(c5ccccc5C(c5ccccc5)(c5ccccc5)c5ccccc54)C3C2)c1. The molecule has 0 saturated carbocycles. The first-order valence-corrected chi connectivity index (χ1v) is 22.5. The van der Waals surface area contributed by atoms with Crippen LogP contribution in [0.2, 0.25) is 0 Å². The average molecular weight is 806 g/mol. The zero-order valence-corrected chi connectivity index (χ0v) is 35.2. The van der Waals surface area contributed by atoms with E-state index >= 15 is 0 Å². The van der Waals surface area contributed by atoms with Crippen molar-refractivity contribution in [2.24, 2.45) is 5.92 Å². The summed E-state index contributed by atoms with van der Waals surface area (Å²) in [5.74, 6) is 0.196. The Bertz CT molecular complexity index is 2990. The Morgan fingerprint density at radius 3 is 1.52 bits per heavy atom. The van der Waals surface area contributed by atoms with Gasteiger partial charge in [-0.2, -0.15) is 0 Å². The first-order chi connectivity index (χ1) is 31.3. The monoisotopic (exact) mass is 805 g/mol. The Morgan fingerprint density at radius 2 is 0.952 bits per heavy atom. The van der Waals surface area contributed by atoms with Gasteiger partial charge in [0.05, 0.1) is 16.9 Å². The summed E-state index contributed by atoms with van der Waals surface area (Å²) < 4.78 is 0. The van der Waals surface area contributed by atoms with E-state index in [1.807, 2.05) is 0 Å². The van der Waals surface area contributed by atoms with Crippen molar-refractivity contribution in [3.05, 3.63) is 304 Å². The molecule has 0 N–H and O–H groups in total. The summed E-state index contributed by atoms with van der Waals surface area (Å²) in [6.45, 7) is 0. The summed E-state index contributed by atoms with van der Waals surface area (Å²) in [6.07, 6.45) is 13.9. The van der Waals surface area contributed by atoms with E-state index < -0.39 is 10.8 Å². The third-order valence-corrected chi connectivity index (χ3v) is 14.4. The molecule has 8 aromatic rings. The van der Waals surface area contributed by atoms with Crippen molar-refractivity contribution in [1.29, 1.82) is 0 Å². The molecule has 0 saturated heterocycles. The van der Waals surface area contributed by atoms with Gasteiger partial charge >= 0.3 is 0 Å². The van der Waals surface area contributed by atoms with Gasteiger partial charge in [0.15, 0.2) is 0 Å². The molecule has 0 aromatic heterocycles. The molecule has 300 valence electrons. The molecule has 8 aromatic carbocycles. The van der Waals surface area contributed by atoms with Crippen molar-refractivity contribution in [2.75, 3.05) is 4.90 Å². The zero-order chi connectivity index (χ0) is 41.8. The van der Waals surface area contributed by atoms with Crippen LogP contribution in [0.3, 0.4) is 0 Å². The predicted molar refractivity (Wildman–Crippen MR) is 262 cm³/mol. The highest BCUT2D eigenvalue weighted by atomic mass is 15.2. The highest BCUT2D eigenvalue weighted by molar-refractivity contribution is 5.91. The number of nitrogens with zero attached hydrogens (tertiary/aromatic N) is 1. The minimum Gasteiger partial charge on any atom is -0.334 e. The van der Waals surface area contributed by atoms with Gasteiger partial charge in [0.25, 0.3) is 0 Å². The highest BCUT2D eigenvalue weighted by Gasteiger charge is 2.59. The first kappa shape index (κ1) is 37.3. The van der Waals surface area contributed by atoms with E-state index in [2.05, 4.69) is 254 Å². The Balaban J connectivity index is 0.959. The quantitative estimate of drug-likeness (QED) is 0.155. The zero-order valence-electron chi connectivity index (χ0n) is 35.2. The topological polar surface area (TPSA) is 3.24 Å². The Labute approximate surface area is 371 Å². The maximum absolute atomic E-state index is 2.46. The molecule has 63 heavy (non-hydrogen) atoms. The van der Waals surface area contributed by atoms with E-state index in [1.165, 1.54) is 83.7 Å². The van der Waals surface area contributed by atoms with E-state index in [4.69, 9.17) is 0 Å². The van der Waals surface area contributed by atoms with Crippen molar-refractivity contribution < 1.29 is 0 Å². The molecule has 0 heterocycles. The van der Waals surface area contributed by atoms with Crippen LogP contribution in [0.1, 0.15) is 68.5 Å². The average Bonchev–Trinajstić information content (AvgIpc) is 3.66. The van der Waals surface area contributed by atoms with Crippen LogP contribution in [0.25, 0.3) is 16.7 Å². The molecule has 2 atom stereocenters. The number of hydrogen-bond acceptors (Lipinski definition) is 1. The van der Waals surface area contributed by atoms with Crippen LogP contribution in [-0.2, 0) is 10.8 Å². The lowest BCUT2D eigenvalue weighted by atomic mass is 9.49. The molecule has 0 amide bonds. The Morgan fingerprint density at radius 1 is 0.444 bits per heavy atom. The number of anilines is 2. The van der Waals surface area contributed by atoms with Gasteiger partial charge in [-0.1, -0.05) is 218 Å². The van der Waals surface area contributed by atoms with E-state index in [0.717, 1.165) is 12.8 Å². The molecule has 1 spiro atoms. The van der Waals surface area contributed by atoms with Gasteiger partial charge in [-0.3, -0.25) is 0 Å². The second-order valence-electron chi connectivity index (χ2n) is 17.4. The number of fused-ring (bicyclic) bond motifs is 9. The number of allylic oxidation sites excluding steroid dienone is 6. The van der Waals surface area contributed by atoms with Gasteiger partial charge in [-0.15, -0.1) is 0 Å². The molecule has 0 fully saturated rings. The molecule has 4 aliphatic rings. The van der Waals surface area contributed by atoms with E-state index in [9.17, 15) is 0 Å². The fourth-order valence-electron chi connectivity index (χ4n) is 11.9. The maximum Gasteiger partial charge on any atom is 0.0707 e. The van der Waals surface area contributed by atoms with Crippen LogP contribution >= 0.6 is 0 Å². The largest absolute Gasteiger partial charge is 0.334 e. The maximum atomic E-state index is 2.46. The second-order valence-corrected chi connectivity index (χ2v) is 17.4. The number of benzene rings is 8. The minimum absolute atomic E-state index is 0.196. The van der Waals surface area contributed by atoms with E-state index in [-0.39, 0.29) is 12.0 Å². The minimum atomic E-state index is -0.497. The molecule has 1 heteroatoms. The van der Waals surface area contributed by atoms with Crippen molar-refractivity contribution >= 4 is 28.1 Å². The van der Waals surface area contributed by atoms with E-state index in [0.29, 0.717) is 0 Å². The summed E-state index contributed by atoms with van der Waals surface area (Å²) in [4.78, 5) is 2.46. The van der Waals surface area contributed by atoms with E-state index in [1.54, 1.807) is 0 Å². The standard InChI is InChI=1S/C62H47N/c1-5-22-48(23-6-1)61(49-24-7-2-8-25-49)56-32-15-17-34-58(56)62(59-35-18-16-33-57(59)61)55-31-14-13-30-53(55)54-41-38-47(43-60(54)62)46-21-19-20-45(42-46)44-36-39-52(40-37-44)63(50-26-9-3-10-27-50)51-28-11-4-12-29-51/h1-39,41-42,52,60H,40,43H2. The van der Waals surface area contributed by atoms with Crippen LogP contribution < -0.4 is 4.90 Å². The van der Waals surface area contributed by atoms with Crippen LogP contribution in [0.15, 0.2) is 249 Å². The third-order valence-electron chi connectivity index (χ3n) is 14.4. The molecule has 0 radical (unpaired) electrons. The van der Waals surface area contributed by atoms with Crippen LogP contribution in [-0.4, -0.2) is 6.04 Å². The molecule has 2 unspecified atom stereocenters. The van der Waals surface area contributed by atoms with Gasteiger partial charge in [-0.25, -0.2) is 0 Å². The normalized spacial score (nSPS) is 18.5. The van der Waals surface area contributed by atoms with Crippen LogP contribution in [0.5, 0.6) is 0 Å². The van der Waals surface area contributed by atoms with Crippen molar-refractivity contribution in [3.8, 4) is 0 Å². The van der Waals surface area contributed by atoms with Gasteiger partial charge in [0.2, 0.25) is 0 Å². The summed E-state index contributed by atoms with van der Waals surface area (Å²) in [6, 6.07) is 81.6. The highest BCUT2D eigenvalue weighted by Crippen LogP contribution is 2.67. The van der Waals surface area contributed by atoms with Gasteiger partial charge in [-0.05, 0) is 116 Å². The lowest BCUT2D eigenvalue weighted by Crippen LogP contribution is -2.47. The predicted octanol–water partition coefficient (Wildman–Crippen LogP) is 14.8. The van der Waals surface area contributed by atoms with Crippen LogP contribution in [0, 0.1) is 5.92 Å². The van der Waals surface area contributed by atoms with Gasteiger partial charge in [0.1, 0.15) is 0 Å². The molecule has 1 nitrogen and oxygen atoms in total. The summed E-state index contributed by atoms with van der Waals surface area (Å²) in [7, 11) is 0. The Kier molecular flexibility index (Phi) is 8.97. The van der Waals surface area contributed by atoms with Crippen molar-refractivity contribution in [1.82, 2.24) is 0 Å². The fraction of sp³-hybridized carbons (Fsp3) is 0.0968. The Hall–Kier alpha value is -7.48. The first-order valence-electron chi connectivity index (χ1n) is 22.5. The van der Waals surface area contributed by atoms with Crippen molar-refractivity contribution in [3.63, 3.8) is 0 Å². The molecular formula is C62H47N. The molecule has 4 aliphatic carbocycles. The molecule has 0 aliphatic heterocycles.